The fourth-order valence-electron chi connectivity index (χ4n) is 1.91. The average Bonchev–Trinajstić information content (AvgIpc) is 2.51. The molecule has 2 atom stereocenters. The lowest BCUT2D eigenvalue weighted by atomic mass is 10.00. The molecule has 1 amide bonds. The van der Waals surface area contributed by atoms with Gasteiger partial charge in [-0.2, -0.15) is 0 Å². The summed E-state index contributed by atoms with van der Waals surface area (Å²) in [6.45, 7) is 3.04. The highest BCUT2D eigenvalue weighted by Crippen LogP contribution is 2.16. The second-order valence-electron chi connectivity index (χ2n) is 4.94. The van der Waals surface area contributed by atoms with Crippen molar-refractivity contribution in [3.8, 4) is 0 Å². The van der Waals surface area contributed by atoms with Crippen LogP contribution in [0.15, 0.2) is 30.3 Å². The average molecular weight is 323 g/mol. The summed E-state index contributed by atoms with van der Waals surface area (Å²) in [5, 5.41) is 2.60. The van der Waals surface area contributed by atoms with E-state index >= 15 is 0 Å². The van der Waals surface area contributed by atoms with Gasteiger partial charge in [-0.05, 0) is 18.9 Å². The van der Waals surface area contributed by atoms with Crippen LogP contribution in [0.1, 0.15) is 19.4 Å². The smallest absolute Gasteiger partial charge is 0.328 e. The molecule has 1 aromatic carbocycles. The van der Waals surface area contributed by atoms with Gasteiger partial charge in [-0.15, -0.1) is 0 Å². The number of ether oxygens (including phenoxy) is 1. The van der Waals surface area contributed by atoms with E-state index in [0.717, 1.165) is 17.3 Å². The highest BCUT2D eigenvalue weighted by molar-refractivity contribution is 8.13. The van der Waals surface area contributed by atoms with Crippen molar-refractivity contribution in [3.05, 3.63) is 35.9 Å². The number of rotatable bonds is 7. The van der Waals surface area contributed by atoms with Crippen molar-refractivity contribution in [3.63, 3.8) is 0 Å². The predicted molar refractivity (Wildman–Crippen MR) is 86.4 cm³/mol. The molecule has 120 valence electrons. The van der Waals surface area contributed by atoms with Gasteiger partial charge < -0.3 is 10.1 Å². The summed E-state index contributed by atoms with van der Waals surface area (Å²) in [6.07, 6.45) is 0.515. The van der Waals surface area contributed by atoms with E-state index in [1.807, 2.05) is 30.3 Å². The molecule has 0 saturated carbocycles. The molecule has 6 heteroatoms. The van der Waals surface area contributed by atoms with E-state index < -0.39 is 12.0 Å². The van der Waals surface area contributed by atoms with Crippen molar-refractivity contribution in [2.24, 2.45) is 5.92 Å². The van der Waals surface area contributed by atoms with Gasteiger partial charge in [0.2, 0.25) is 5.91 Å². The SMILES string of the molecule is COC(=O)[C@H](C)NC(=O)C(CSC(C)=O)Cc1ccccc1. The van der Waals surface area contributed by atoms with E-state index in [2.05, 4.69) is 10.1 Å². The Balaban J connectivity index is 2.73. The molecule has 1 rings (SSSR count). The zero-order chi connectivity index (χ0) is 16.5. The minimum Gasteiger partial charge on any atom is -0.467 e. The van der Waals surface area contributed by atoms with E-state index in [-0.39, 0.29) is 16.9 Å². The lowest BCUT2D eigenvalue weighted by molar-refractivity contribution is -0.144. The Morgan fingerprint density at radius 3 is 2.41 bits per heavy atom. The zero-order valence-corrected chi connectivity index (χ0v) is 13.8. The monoisotopic (exact) mass is 323 g/mol. The molecule has 1 aromatic rings. The van der Waals surface area contributed by atoms with Crippen molar-refractivity contribution in [2.75, 3.05) is 12.9 Å². The third-order valence-electron chi connectivity index (χ3n) is 3.10. The minimum absolute atomic E-state index is 0.0353. The van der Waals surface area contributed by atoms with Gasteiger partial charge in [-0.1, -0.05) is 42.1 Å². The number of nitrogens with one attached hydrogen (secondary N) is 1. The van der Waals surface area contributed by atoms with Crippen molar-refractivity contribution >= 4 is 28.8 Å². The molecule has 0 spiro atoms. The molecule has 0 aliphatic carbocycles. The standard InChI is InChI=1S/C16H21NO4S/c1-11(16(20)21-3)17-15(19)14(10-22-12(2)18)9-13-7-5-4-6-8-13/h4-8,11,14H,9-10H2,1-3H3,(H,17,19)/t11-,14?/m0/s1. The molecule has 5 nitrogen and oxygen atoms in total. The zero-order valence-electron chi connectivity index (χ0n) is 13.0. The molecule has 1 unspecified atom stereocenters. The molecule has 0 heterocycles. The van der Waals surface area contributed by atoms with Crippen LogP contribution in [0.2, 0.25) is 0 Å². The van der Waals surface area contributed by atoms with Crippen molar-refractivity contribution < 1.29 is 19.1 Å². The van der Waals surface area contributed by atoms with Gasteiger partial charge in [0.25, 0.3) is 0 Å². The largest absolute Gasteiger partial charge is 0.467 e. The quantitative estimate of drug-likeness (QED) is 0.775. The molecule has 0 aromatic heterocycles. The Hall–Kier alpha value is -1.82. The summed E-state index contributed by atoms with van der Waals surface area (Å²) in [6, 6.07) is 8.87. The first kappa shape index (κ1) is 18.2. The van der Waals surface area contributed by atoms with Crippen LogP contribution in [0.5, 0.6) is 0 Å². The van der Waals surface area contributed by atoms with Crippen LogP contribution in [0.4, 0.5) is 0 Å². The summed E-state index contributed by atoms with van der Waals surface area (Å²) >= 11 is 1.11. The first-order valence-electron chi connectivity index (χ1n) is 6.99. The second kappa shape index (κ2) is 9.25. The number of amides is 1. The normalized spacial score (nSPS) is 13.0. The lowest BCUT2D eigenvalue weighted by Crippen LogP contribution is -2.43. The highest BCUT2D eigenvalue weighted by atomic mass is 32.2. The van der Waals surface area contributed by atoms with Gasteiger partial charge in [0.05, 0.1) is 13.0 Å². The third-order valence-corrected chi connectivity index (χ3v) is 4.07. The summed E-state index contributed by atoms with van der Waals surface area (Å²) in [5.41, 5.74) is 1.01. The lowest BCUT2D eigenvalue weighted by Gasteiger charge is -2.18. The molecule has 0 aliphatic rings. The number of benzene rings is 1. The number of esters is 1. The molecule has 1 N–H and O–H groups in total. The maximum Gasteiger partial charge on any atom is 0.328 e. The molecular weight excluding hydrogens is 302 g/mol. The molecule has 0 fully saturated rings. The Labute approximate surface area is 134 Å². The third kappa shape index (κ3) is 6.30. The van der Waals surface area contributed by atoms with Crippen LogP contribution in [0, 0.1) is 5.92 Å². The number of methoxy groups -OCH3 is 1. The van der Waals surface area contributed by atoms with Crippen LogP contribution in [0.3, 0.4) is 0 Å². The maximum absolute atomic E-state index is 12.3. The maximum atomic E-state index is 12.3. The first-order chi connectivity index (χ1) is 10.4. The fourth-order valence-corrected chi connectivity index (χ4v) is 2.62. The number of carbonyl (C=O) groups is 3. The Kier molecular flexibility index (Phi) is 7.66. The van der Waals surface area contributed by atoms with Crippen LogP contribution >= 0.6 is 11.8 Å². The van der Waals surface area contributed by atoms with Crippen LogP contribution in [-0.2, 0) is 25.5 Å². The summed E-state index contributed by atoms with van der Waals surface area (Å²) in [5.74, 6) is -0.755. The topological polar surface area (TPSA) is 72.5 Å². The minimum atomic E-state index is -0.710. The summed E-state index contributed by atoms with van der Waals surface area (Å²) < 4.78 is 4.60. The Morgan fingerprint density at radius 1 is 1.23 bits per heavy atom. The van der Waals surface area contributed by atoms with Crippen molar-refractivity contribution in [2.45, 2.75) is 26.3 Å². The van der Waals surface area contributed by atoms with Crippen molar-refractivity contribution in [1.82, 2.24) is 5.32 Å². The van der Waals surface area contributed by atoms with Gasteiger partial charge in [0, 0.05) is 12.7 Å². The van der Waals surface area contributed by atoms with E-state index in [4.69, 9.17) is 0 Å². The first-order valence-corrected chi connectivity index (χ1v) is 7.98. The molecule has 0 radical (unpaired) electrons. The Morgan fingerprint density at radius 2 is 1.86 bits per heavy atom. The number of thioether (sulfide) groups is 1. The second-order valence-corrected chi connectivity index (χ2v) is 6.14. The molecule has 0 bridgehead atoms. The van der Waals surface area contributed by atoms with Gasteiger partial charge in [-0.3, -0.25) is 9.59 Å². The summed E-state index contributed by atoms with van der Waals surface area (Å²) in [7, 11) is 1.28. The van der Waals surface area contributed by atoms with Crippen LogP contribution < -0.4 is 5.32 Å². The Bertz CT molecular complexity index is 518. The molecule has 0 aliphatic heterocycles. The van der Waals surface area contributed by atoms with Crippen LogP contribution in [-0.4, -0.2) is 35.9 Å². The van der Waals surface area contributed by atoms with Gasteiger partial charge >= 0.3 is 5.97 Å². The predicted octanol–water partition coefficient (Wildman–Crippen LogP) is 1.80. The molecule has 0 saturated heterocycles. The molecular formula is C16H21NO4S. The fraction of sp³-hybridized carbons (Fsp3) is 0.438. The van der Waals surface area contributed by atoms with E-state index in [1.165, 1.54) is 14.0 Å². The molecule has 22 heavy (non-hydrogen) atoms. The van der Waals surface area contributed by atoms with Gasteiger partial charge in [-0.25, -0.2) is 4.79 Å². The summed E-state index contributed by atoms with van der Waals surface area (Å²) in [4.78, 5) is 34.9. The van der Waals surface area contributed by atoms with Crippen molar-refractivity contribution in [1.29, 1.82) is 0 Å². The van der Waals surface area contributed by atoms with E-state index in [0.29, 0.717) is 12.2 Å². The number of hydrogen-bond acceptors (Lipinski definition) is 5. The number of carbonyl (C=O) groups excluding carboxylic acids is 3. The van der Waals surface area contributed by atoms with Gasteiger partial charge in [0.15, 0.2) is 5.12 Å². The van der Waals surface area contributed by atoms with E-state index in [1.54, 1.807) is 6.92 Å². The van der Waals surface area contributed by atoms with Gasteiger partial charge in [0.1, 0.15) is 6.04 Å². The highest BCUT2D eigenvalue weighted by Gasteiger charge is 2.24. The van der Waals surface area contributed by atoms with E-state index in [9.17, 15) is 14.4 Å². The number of hydrogen-bond donors (Lipinski definition) is 1. The van der Waals surface area contributed by atoms with Crippen LogP contribution in [0.25, 0.3) is 0 Å².